The van der Waals surface area contributed by atoms with Crippen molar-refractivity contribution in [3.63, 3.8) is 0 Å². The second kappa shape index (κ2) is 7.15. The van der Waals surface area contributed by atoms with E-state index in [2.05, 4.69) is 15.5 Å². The Hall–Kier alpha value is -1.53. The van der Waals surface area contributed by atoms with E-state index in [-0.39, 0.29) is 17.2 Å². The molecule has 7 heteroatoms. The number of hydrogen-bond donors (Lipinski definition) is 1. The molecule has 2 rings (SSSR count). The molecule has 1 unspecified atom stereocenters. The second-order valence-electron chi connectivity index (χ2n) is 5.34. The molecule has 0 fully saturated rings. The van der Waals surface area contributed by atoms with Crippen molar-refractivity contribution in [1.29, 1.82) is 0 Å². The summed E-state index contributed by atoms with van der Waals surface area (Å²) < 4.78 is 1.83. The number of nitrogens with one attached hydrogen (secondary N) is 1. The standard InChI is InChI=1S/C15H19ClN4OS/c1-9(2)18-14(21)11(4)22-15-19-17-8-20(15)12-6-5-10(3)13(16)7-12/h5-9,11H,1-4H3,(H,18,21). The lowest BCUT2D eigenvalue weighted by atomic mass is 10.2. The van der Waals surface area contributed by atoms with Gasteiger partial charge in [-0.05, 0) is 45.4 Å². The number of aryl methyl sites for hydroxylation is 1. The summed E-state index contributed by atoms with van der Waals surface area (Å²) in [6.07, 6.45) is 1.62. The molecule has 2 aromatic rings. The highest BCUT2D eigenvalue weighted by Crippen LogP contribution is 2.26. The average Bonchev–Trinajstić information content (AvgIpc) is 2.89. The SMILES string of the molecule is Cc1ccc(-n2cnnc2SC(C)C(=O)NC(C)C)cc1Cl. The van der Waals surface area contributed by atoms with Gasteiger partial charge in [-0.2, -0.15) is 0 Å². The van der Waals surface area contributed by atoms with Crippen LogP contribution in [-0.4, -0.2) is 32.0 Å². The minimum atomic E-state index is -0.258. The molecule has 1 heterocycles. The topological polar surface area (TPSA) is 59.8 Å². The van der Waals surface area contributed by atoms with Crippen molar-refractivity contribution in [1.82, 2.24) is 20.1 Å². The molecule has 1 atom stereocenters. The number of amides is 1. The predicted molar refractivity (Wildman–Crippen MR) is 89.7 cm³/mol. The van der Waals surface area contributed by atoms with Gasteiger partial charge in [0.05, 0.1) is 10.9 Å². The maximum atomic E-state index is 12.0. The third kappa shape index (κ3) is 4.01. The number of benzene rings is 1. The Balaban J connectivity index is 2.19. The van der Waals surface area contributed by atoms with E-state index in [4.69, 9.17) is 11.6 Å². The molecule has 0 radical (unpaired) electrons. The van der Waals surface area contributed by atoms with E-state index in [1.165, 1.54) is 11.8 Å². The molecule has 1 amide bonds. The average molecular weight is 339 g/mol. The zero-order valence-electron chi connectivity index (χ0n) is 13.0. The molecule has 1 aromatic heterocycles. The van der Waals surface area contributed by atoms with Crippen LogP contribution in [-0.2, 0) is 4.79 Å². The van der Waals surface area contributed by atoms with Gasteiger partial charge in [-0.1, -0.05) is 29.4 Å². The molecule has 0 saturated carbocycles. The fourth-order valence-electron chi connectivity index (χ4n) is 1.83. The van der Waals surface area contributed by atoms with Crippen molar-refractivity contribution < 1.29 is 4.79 Å². The molecule has 0 bridgehead atoms. The van der Waals surface area contributed by atoms with Crippen LogP contribution in [0.4, 0.5) is 0 Å². The third-order valence-electron chi connectivity index (χ3n) is 3.03. The summed E-state index contributed by atoms with van der Waals surface area (Å²) in [4.78, 5) is 12.0. The minimum absolute atomic E-state index is 0.0171. The van der Waals surface area contributed by atoms with Crippen LogP contribution >= 0.6 is 23.4 Å². The quantitative estimate of drug-likeness (QED) is 0.850. The second-order valence-corrected chi connectivity index (χ2v) is 7.06. The first kappa shape index (κ1) is 16.8. The number of halogens is 1. The Labute approximate surface area is 139 Å². The van der Waals surface area contributed by atoms with Crippen molar-refractivity contribution in [3.05, 3.63) is 35.1 Å². The lowest BCUT2D eigenvalue weighted by Gasteiger charge is -2.14. The molecule has 1 N–H and O–H groups in total. The zero-order chi connectivity index (χ0) is 16.3. The first-order valence-electron chi connectivity index (χ1n) is 7.02. The van der Waals surface area contributed by atoms with Gasteiger partial charge in [0.15, 0.2) is 5.16 Å². The fraction of sp³-hybridized carbons (Fsp3) is 0.400. The number of hydrogen-bond acceptors (Lipinski definition) is 4. The number of rotatable bonds is 5. The summed E-state index contributed by atoms with van der Waals surface area (Å²) in [5.41, 5.74) is 1.89. The maximum absolute atomic E-state index is 12.0. The van der Waals surface area contributed by atoms with E-state index in [1.807, 2.05) is 50.5 Å². The normalized spacial score (nSPS) is 12.5. The van der Waals surface area contributed by atoms with Gasteiger partial charge in [0.25, 0.3) is 0 Å². The van der Waals surface area contributed by atoms with Gasteiger partial charge >= 0.3 is 0 Å². The number of carbonyl (C=O) groups is 1. The molecule has 0 spiro atoms. The summed E-state index contributed by atoms with van der Waals surface area (Å²) in [7, 11) is 0. The largest absolute Gasteiger partial charge is 0.353 e. The Bertz CT molecular complexity index is 671. The molecule has 0 aliphatic carbocycles. The highest BCUT2D eigenvalue weighted by molar-refractivity contribution is 8.00. The fourth-order valence-corrected chi connectivity index (χ4v) is 2.85. The van der Waals surface area contributed by atoms with E-state index < -0.39 is 0 Å². The number of carbonyl (C=O) groups excluding carboxylic acids is 1. The molecule has 0 aliphatic rings. The van der Waals surface area contributed by atoms with Gasteiger partial charge in [-0.25, -0.2) is 0 Å². The van der Waals surface area contributed by atoms with Crippen LogP contribution in [0.2, 0.25) is 5.02 Å². The van der Waals surface area contributed by atoms with Crippen LogP contribution in [0.25, 0.3) is 5.69 Å². The molecule has 1 aromatic carbocycles. The lowest BCUT2D eigenvalue weighted by molar-refractivity contribution is -0.120. The summed E-state index contributed by atoms with van der Waals surface area (Å²) in [6.45, 7) is 7.67. The number of aromatic nitrogens is 3. The molecular formula is C15H19ClN4OS. The zero-order valence-corrected chi connectivity index (χ0v) is 14.6. The predicted octanol–water partition coefficient (Wildman–Crippen LogP) is 3.23. The van der Waals surface area contributed by atoms with Crippen molar-refractivity contribution in [2.45, 2.75) is 44.1 Å². The Morgan fingerprint density at radius 1 is 1.36 bits per heavy atom. The van der Waals surface area contributed by atoms with E-state index in [0.717, 1.165) is 11.3 Å². The minimum Gasteiger partial charge on any atom is -0.353 e. The van der Waals surface area contributed by atoms with Gasteiger partial charge in [0.1, 0.15) is 6.33 Å². The van der Waals surface area contributed by atoms with Gasteiger partial charge < -0.3 is 5.32 Å². The molecule has 0 saturated heterocycles. The van der Waals surface area contributed by atoms with Crippen LogP contribution in [0.5, 0.6) is 0 Å². The highest BCUT2D eigenvalue weighted by Gasteiger charge is 2.19. The third-order valence-corrected chi connectivity index (χ3v) is 4.50. The molecular weight excluding hydrogens is 320 g/mol. The lowest BCUT2D eigenvalue weighted by Crippen LogP contribution is -2.36. The summed E-state index contributed by atoms with van der Waals surface area (Å²) in [6, 6.07) is 5.88. The van der Waals surface area contributed by atoms with Crippen LogP contribution in [0.1, 0.15) is 26.3 Å². The highest BCUT2D eigenvalue weighted by atomic mass is 35.5. The molecule has 5 nitrogen and oxygen atoms in total. The van der Waals surface area contributed by atoms with Crippen LogP contribution in [0, 0.1) is 6.92 Å². The van der Waals surface area contributed by atoms with Crippen LogP contribution in [0.3, 0.4) is 0 Å². The summed E-state index contributed by atoms with van der Waals surface area (Å²) in [5.74, 6) is -0.0171. The van der Waals surface area contributed by atoms with Gasteiger partial charge in [0.2, 0.25) is 5.91 Å². The van der Waals surface area contributed by atoms with Gasteiger partial charge in [0, 0.05) is 11.1 Å². The first-order chi connectivity index (χ1) is 10.4. The molecule has 118 valence electrons. The van der Waals surface area contributed by atoms with Crippen molar-refractivity contribution in [3.8, 4) is 5.69 Å². The summed E-state index contributed by atoms with van der Waals surface area (Å²) in [5, 5.41) is 12.0. The molecule has 22 heavy (non-hydrogen) atoms. The number of thioether (sulfide) groups is 1. The maximum Gasteiger partial charge on any atom is 0.233 e. The summed E-state index contributed by atoms with van der Waals surface area (Å²) >= 11 is 7.54. The Kier molecular flexibility index (Phi) is 5.47. The van der Waals surface area contributed by atoms with E-state index in [0.29, 0.717) is 10.2 Å². The van der Waals surface area contributed by atoms with Crippen molar-refractivity contribution in [2.75, 3.05) is 0 Å². The van der Waals surface area contributed by atoms with Crippen molar-refractivity contribution >= 4 is 29.3 Å². The Morgan fingerprint density at radius 3 is 2.73 bits per heavy atom. The van der Waals surface area contributed by atoms with Crippen LogP contribution in [0.15, 0.2) is 29.7 Å². The van der Waals surface area contributed by atoms with E-state index >= 15 is 0 Å². The molecule has 0 aliphatic heterocycles. The van der Waals surface area contributed by atoms with Crippen molar-refractivity contribution in [2.24, 2.45) is 0 Å². The van der Waals surface area contributed by atoms with E-state index in [9.17, 15) is 4.79 Å². The van der Waals surface area contributed by atoms with Gasteiger partial charge in [-0.15, -0.1) is 10.2 Å². The van der Waals surface area contributed by atoms with Gasteiger partial charge in [-0.3, -0.25) is 9.36 Å². The number of nitrogens with zero attached hydrogens (tertiary/aromatic N) is 3. The monoisotopic (exact) mass is 338 g/mol. The van der Waals surface area contributed by atoms with Crippen LogP contribution < -0.4 is 5.32 Å². The smallest absolute Gasteiger partial charge is 0.233 e. The Morgan fingerprint density at radius 2 is 2.09 bits per heavy atom. The van der Waals surface area contributed by atoms with E-state index in [1.54, 1.807) is 6.33 Å². The first-order valence-corrected chi connectivity index (χ1v) is 8.28.